The topological polar surface area (TPSA) is 99.9 Å². The molecule has 0 saturated heterocycles. The summed E-state index contributed by atoms with van der Waals surface area (Å²) in [5.74, 6) is -0.228. The Labute approximate surface area is 174 Å². The van der Waals surface area contributed by atoms with Crippen LogP contribution in [0.4, 0.5) is 19.3 Å². The van der Waals surface area contributed by atoms with Gasteiger partial charge < -0.3 is 19.7 Å². The highest BCUT2D eigenvalue weighted by Gasteiger charge is 2.36. The van der Waals surface area contributed by atoms with Crippen LogP contribution in [-0.4, -0.2) is 31.0 Å². The Morgan fingerprint density at radius 2 is 1.81 bits per heavy atom. The maximum absolute atomic E-state index is 13.2. The van der Waals surface area contributed by atoms with Crippen molar-refractivity contribution in [1.82, 2.24) is 25.0 Å². The van der Waals surface area contributed by atoms with Gasteiger partial charge in [0.2, 0.25) is 11.7 Å². The molecule has 5 rings (SSSR count). The Balaban J connectivity index is 1.44. The van der Waals surface area contributed by atoms with E-state index in [-0.39, 0.29) is 18.3 Å². The summed E-state index contributed by atoms with van der Waals surface area (Å²) in [6.45, 7) is 0.251. The average molecular weight is 422 g/mol. The van der Waals surface area contributed by atoms with E-state index in [9.17, 15) is 13.6 Å². The van der Waals surface area contributed by atoms with Gasteiger partial charge in [0, 0.05) is 17.7 Å². The second-order valence-electron chi connectivity index (χ2n) is 7.08. The molecule has 2 N–H and O–H groups in total. The first kappa shape index (κ1) is 18.9. The van der Waals surface area contributed by atoms with Crippen LogP contribution >= 0.6 is 0 Å². The number of rotatable bonds is 3. The van der Waals surface area contributed by atoms with Gasteiger partial charge in [-0.2, -0.15) is 4.98 Å². The van der Waals surface area contributed by atoms with Crippen molar-refractivity contribution in [1.29, 1.82) is 0 Å². The molecule has 0 spiro atoms. The number of fused-ring (bicyclic) bond motifs is 1. The fourth-order valence-corrected chi connectivity index (χ4v) is 3.49. The van der Waals surface area contributed by atoms with E-state index in [4.69, 9.17) is 4.52 Å². The minimum atomic E-state index is -0.557. The first-order valence-corrected chi connectivity index (χ1v) is 9.50. The number of aromatic nitrogens is 4. The van der Waals surface area contributed by atoms with Crippen molar-refractivity contribution >= 4 is 11.7 Å². The van der Waals surface area contributed by atoms with Crippen LogP contribution in [0.5, 0.6) is 0 Å². The number of nitrogens with one attached hydrogen (secondary N) is 2. The van der Waals surface area contributed by atoms with Crippen LogP contribution in [0.1, 0.15) is 23.3 Å². The lowest BCUT2D eigenvalue weighted by Crippen LogP contribution is -2.41. The molecule has 4 aromatic rings. The van der Waals surface area contributed by atoms with Gasteiger partial charge in [0.15, 0.2) is 0 Å². The number of hydrogen-bond donors (Lipinski definition) is 2. The highest BCUT2D eigenvalue weighted by molar-refractivity contribution is 5.89. The van der Waals surface area contributed by atoms with Gasteiger partial charge in [-0.05, 0) is 48.5 Å². The van der Waals surface area contributed by atoms with Crippen LogP contribution in [0.3, 0.4) is 0 Å². The van der Waals surface area contributed by atoms with Gasteiger partial charge in [-0.3, -0.25) is 0 Å². The highest BCUT2D eigenvalue weighted by Crippen LogP contribution is 2.32. The zero-order valence-corrected chi connectivity index (χ0v) is 16.0. The van der Waals surface area contributed by atoms with Crippen LogP contribution in [0, 0.1) is 11.6 Å². The Hall–Kier alpha value is -4.08. The number of carbonyl (C=O) groups is 1. The number of amides is 2. The summed E-state index contributed by atoms with van der Waals surface area (Å²) in [5.41, 5.74) is 2.66. The summed E-state index contributed by atoms with van der Waals surface area (Å²) >= 11 is 0. The lowest BCUT2D eigenvalue weighted by atomic mass is 10.0. The standard InChI is InChI=1S/C21H16F2N6O2/c22-13-3-1-12(2-4-13)19-27-20(31-28-19)18-9-16-17(25-11-24-16)10-29(18)21(30)26-15-7-5-14(23)6-8-15/h1-8,11,18H,9-10H2,(H,24,25)(H,26,30). The molecule has 8 nitrogen and oxygen atoms in total. The van der Waals surface area contributed by atoms with Crippen molar-refractivity contribution in [2.75, 3.05) is 5.32 Å². The molecule has 10 heteroatoms. The maximum Gasteiger partial charge on any atom is 0.322 e. The summed E-state index contributed by atoms with van der Waals surface area (Å²) in [7, 11) is 0. The van der Waals surface area contributed by atoms with Crippen molar-refractivity contribution in [2.45, 2.75) is 19.0 Å². The fraction of sp³-hybridized carbons (Fsp3) is 0.143. The van der Waals surface area contributed by atoms with Crippen LogP contribution in [0.2, 0.25) is 0 Å². The van der Waals surface area contributed by atoms with Gasteiger partial charge in [-0.1, -0.05) is 5.16 Å². The normalized spacial score (nSPS) is 15.5. The smallest absolute Gasteiger partial charge is 0.322 e. The molecular formula is C21H16F2N6O2. The van der Waals surface area contributed by atoms with Gasteiger partial charge >= 0.3 is 6.03 Å². The molecule has 0 fully saturated rings. The summed E-state index contributed by atoms with van der Waals surface area (Å²) in [4.78, 5) is 26.4. The molecule has 156 valence electrons. The van der Waals surface area contributed by atoms with Gasteiger partial charge in [0.05, 0.1) is 24.3 Å². The molecular weight excluding hydrogens is 406 g/mol. The second-order valence-corrected chi connectivity index (χ2v) is 7.08. The number of nitrogens with zero attached hydrogens (tertiary/aromatic N) is 4. The zero-order chi connectivity index (χ0) is 21.4. The molecule has 3 heterocycles. The van der Waals surface area contributed by atoms with Gasteiger partial charge in [0.25, 0.3) is 0 Å². The largest absolute Gasteiger partial charge is 0.347 e. The van der Waals surface area contributed by atoms with E-state index in [0.717, 1.165) is 11.4 Å². The molecule has 1 aliphatic heterocycles. The van der Waals surface area contributed by atoms with E-state index in [1.54, 1.807) is 23.4 Å². The predicted molar refractivity (Wildman–Crippen MR) is 106 cm³/mol. The monoisotopic (exact) mass is 422 g/mol. The van der Waals surface area contributed by atoms with E-state index in [1.165, 1.54) is 36.4 Å². The molecule has 0 bridgehead atoms. The zero-order valence-electron chi connectivity index (χ0n) is 16.0. The minimum Gasteiger partial charge on any atom is -0.347 e. The predicted octanol–water partition coefficient (Wildman–Crippen LogP) is 4.07. The molecule has 0 saturated carbocycles. The molecule has 1 unspecified atom stereocenters. The first-order chi connectivity index (χ1) is 15.1. The van der Waals surface area contributed by atoms with E-state index < -0.39 is 17.9 Å². The number of hydrogen-bond acceptors (Lipinski definition) is 5. The molecule has 2 aromatic heterocycles. The van der Waals surface area contributed by atoms with Crippen molar-refractivity contribution in [3.8, 4) is 11.4 Å². The molecule has 1 atom stereocenters. The summed E-state index contributed by atoms with van der Waals surface area (Å²) < 4.78 is 31.8. The van der Waals surface area contributed by atoms with E-state index in [1.807, 2.05) is 0 Å². The van der Waals surface area contributed by atoms with Crippen LogP contribution in [0.15, 0.2) is 59.4 Å². The Morgan fingerprint density at radius 1 is 1.10 bits per heavy atom. The molecule has 2 amide bonds. The van der Waals surface area contributed by atoms with Gasteiger partial charge in [0.1, 0.15) is 17.7 Å². The Kier molecular flexibility index (Phi) is 4.66. The lowest BCUT2D eigenvalue weighted by Gasteiger charge is -2.32. The second kappa shape index (κ2) is 7.63. The number of benzene rings is 2. The number of carbonyl (C=O) groups excluding carboxylic acids is 1. The number of aromatic amines is 1. The van der Waals surface area contributed by atoms with E-state index >= 15 is 0 Å². The number of halogens is 2. The van der Waals surface area contributed by atoms with Gasteiger partial charge in [-0.15, -0.1) is 0 Å². The first-order valence-electron chi connectivity index (χ1n) is 9.50. The van der Waals surface area contributed by atoms with Crippen LogP contribution in [0.25, 0.3) is 11.4 Å². The van der Waals surface area contributed by atoms with Crippen LogP contribution < -0.4 is 5.32 Å². The van der Waals surface area contributed by atoms with Crippen LogP contribution in [-0.2, 0) is 13.0 Å². The lowest BCUT2D eigenvalue weighted by molar-refractivity contribution is 0.155. The third-order valence-electron chi connectivity index (χ3n) is 5.08. The number of urea groups is 1. The third-order valence-corrected chi connectivity index (χ3v) is 5.08. The molecule has 0 aliphatic carbocycles. The summed E-state index contributed by atoms with van der Waals surface area (Å²) in [6.07, 6.45) is 1.95. The van der Waals surface area contributed by atoms with Crippen molar-refractivity contribution < 1.29 is 18.1 Å². The number of H-pyrrole nitrogens is 1. The van der Waals surface area contributed by atoms with E-state index in [2.05, 4.69) is 25.4 Å². The minimum absolute atomic E-state index is 0.238. The number of anilines is 1. The molecule has 2 aromatic carbocycles. The quantitative estimate of drug-likeness (QED) is 0.519. The van der Waals surface area contributed by atoms with E-state index in [0.29, 0.717) is 23.5 Å². The van der Waals surface area contributed by atoms with Crippen molar-refractivity contribution in [2.24, 2.45) is 0 Å². The summed E-state index contributed by atoms with van der Waals surface area (Å²) in [6, 6.07) is 10.3. The Morgan fingerprint density at radius 3 is 2.55 bits per heavy atom. The highest BCUT2D eigenvalue weighted by atomic mass is 19.1. The SMILES string of the molecule is O=C(Nc1ccc(F)cc1)N1Cc2[nH]cnc2CC1c1nc(-c2ccc(F)cc2)no1. The fourth-order valence-electron chi connectivity index (χ4n) is 3.49. The van der Waals surface area contributed by atoms with Crippen molar-refractivity contribution in [3.05, 3.63) is 83.8 Å². The van der Waals surface area contributed by atoms with Gasteiger partial charge in [-0.25, -0.2) is 18.6 Å². The Bertz CT molecular complexity index is 1220. The van der Waals surface area contributed by atoms with Crippen molar-refractivity contribution in [3.63, 3.8) is 0 Å². The molecule has 1 aliphatic rings. The third kappa shape index (κ3) is 3.75. The molecule has 31 heavy (non-hydrogen) atoms. The number of imidazole rings is 1. The maximum atomic E-state index is 13.2. The average Bonchev–Trinajstić information content (AvgIpc) is 3.44. The summed E-state index contributed by atoms with van der Waals surface area (Å²) in [5, 5.41) is 6.75. The molecule has 0 radical (unpaired) electrons.